The third-order valence-electron chi connectivity index (χ3n) is 2.46. The number of phenolic OH excluding ortho intramolecular Hbond substituents is 1. The van der Waals surface area contributed by atoms with Gasteiger partial charge in [-0.1, -0.05) is 0 Å². The summed E-state index contributed by atoms with van der Waals surface area (Å²) in [6, 6.07) is 14.4. The second-order valence-corrected chi connectivity index (χ2v) is 6.16. The predicted octanol–water partition coefficient (Wildman–Crippen LogP) is 1.66. The molecular formula is C14H14OSe. The molecule has 1 nitrogen and oxygen atoms in total. The van der Waals surface area contributed by atoms with E-state index in [0.717, 1.165) is 5.56 Å². The summed E-state index contributed by atoms with van der Waals surface area (Å²) in [7, 11) is 0. The summed E-state index contributed by atoms with van der Waals surface area (Å²) < 4.78 is 2.71. The van der Waals surface area contributed by atoms with Gasteiger partial charge in [-0.2, -0.15) is 0 Å². The Balaban J connectivity index is 2.32. The van der Waals surface area contributed by atoms with E-state index in [2.05, 4.69) is 37.3 Å². The van der Waals surface area contributed by atoms with Gasteiger partial charge in [0, 0.05) is 0 Å². The van der Waals surface area contributed by atoms with Crippen LogP contribution in [0.2, 0.25) is 0 Å². The zero-order valence-corrected chi connectivity index (χ0v) is 11.1. The van der Waals surface area contributed by atoms with Crippen LogP contribution in [0.15, 0.2) is 42.5 Å². The Labute approximate surface area is 102 Å². The average Bonchev–Trinajstić information content (AvgIpc) is 2.27. The van der Waals surface area contributed by atoms with Crippen molar-refractivity contribution in [1.82, 2.24) is 0 Å². The molecule has 0 aliphatic carbocycles. The van der Waals surface area contributed by atoms with Gasteiger partial charge in [-0.15, -0.1) is 0 Å². The number of phenols is 1. The molecule has 0 aliphatic heterocycles. The van der Waals surface area contributed by atoms with Crippen molar-refractivity contribution in [2.45, 2.75) is 13.8 Å². The quantitative estimate of drug-likeness (QED) is 0.828. The second-order valence-electron chi connectivity index (χ2n) is 3.82. The van der Waals surface area contributed by atoms with Gasteiger partial charge in [0.2, 0.25) is 0 Å². The molecule has 0 heterocycles. The van der Waals surface area contributed by atoms with E-state index in [1.165, 1.54) is 14.5 Å². The van der Waals surface area contributed by atoms with Crippen LogP contribution in [0.3, 0.4) is 0 Å². The SMILES string of the molecule is Cc1cc([Se]c2ccccc2)c(C)cc1O. The molecule has 0 bridgehead atoms. The van der Waals surface area contributed by atoms with Crippen molar-refractivity contribution in [2.75, 3.05) is 0 Å². The first-order valence-electron chi connectivity index (χ1n) is 5.20. The Kier molecular flexibility index (Phi) is 3.33. The van der Waals surface area contributed by atoms with Crippen LogP contribution >= 0.6 is 0 Å². The topological polar surface area (TPSA) is 20.2 Å². The molecule has 0 fully saturated rings. The van der Waals surface area contributed by atoms with Crippen molar-refractivity contribution < 1.29 is 5.11 Å². The molecule has 2 heteroatoms. The Morgan fingerprint density at radius 2 is 1.62 bits per heavy atom. The molecule has 0 radical (unpaired) electrons. The van der Waals surface area contributed by atoms with Crippen LogP contribution in [0, 0.1) is 13.8 Å². The molecule has 2 aromatic carbocycles. The number of benzene rings is 2. The van der Waals surface area contributed by atoms with Crippen molar-refractivity contribution in [3.63, 3.8) is 0 Å². The first kappa shape index (κ1) is 11.3. The van der Waals surface area contributed by atoms with Crippen LogP contribution in [0.4, 0.5) is 0 Å². The number of aryl methyl sites for hydroxylation is 2. The van der Waals surface area contributed by atoms with Crippen molar-refractivity contribution in [2.24, 2.45) is 0 Å². The molecule has 16 heavy (non-hydrogen) atoms. The predicted molar refractivity (Wildman–Crippen MR) is 69.0 cm³/mol. The maximum absolute atomic E-state index is 9.60. The van der Waals surface area contributed by atoms with E-state index >= 15 is 0 Å². The third-order valence-corrected chi connectivity index (χ3v) is 4.91. The minimum absolute atomic E-state index is 0.323. The molecule has 0 aliphatic rings. The van der Waals surface area contributed by atoms with E-state index in [1.54, 1.807) is 0 Å². The maximum atomic E-state index is 9.60. The van der Waals surface area contributed by atoms with Crippen LogP contribution in [-0.2, 0) is 0 Å². The first-order valence-corrected chi connectivity index (χ1v) is 6.91. The van der Waals surface area contributed by atoms with Crippen LogP contribution in [-0.4, -0.2) is 20.1 Å². The summed E-state index contributed by atoms with van der Waals surface area (Å²) in [5.74, 6) is 0.394. The molecule has 1 N–H and O–H groups in total. The van der Waals surface area contributed by atoms with Gasteiger partial charge in [0.15, 0.2) is 0 Å². The fraction of sp³-hybridized carbons (Fsp3) is 0.143. The van der Waals surface area contributed by atoms with E-state index in [0.29, 0.717) is 20.7 Å². The van der Waals surface area contributed by atoms with Gasteiger partial charge in [0.05, 0.1) is 0 Å². The monoisotopic (exact) mass is 278 g/mol. The first-order chi connectivity index (χ1) is 7.66. The average molecular weight is 277 g/mol. The fourth-order valence-electron chi connectivity index (χ4n) is 1.50. The molecule has 82 valence electrons. The van der Waals surface area contributed by atoms with Gasteiger partial charge < -0.3 is 0 Å². The van der Waals surface area contributed by atoms with Crippen LogP contribution in [0.25, 0.3) is 0 Å². The Morgan fingerprint density at radius 1 is 0.938 bits per heavy atom. The van der Waals surface area contributed by atoms with Crippen molar-refractivity contribution in [3.05, 3.63) is 53.6 Å². The molecule has 0 saturated carbocycles. The molecule has 0 saturated heterocycles. The fourth-order valence-corrected chi connectivity index (χ4v) is 3.60. The number of hydrogen-bond acceptors (Lipinski definition) is 1. The van der Waals surface area contributed by atoms with E-state index in [4.69, 9.17) is 0 Å². The van der Waals surface area contributed by atoms with Crippen LogP contribution in [0.1, 0.15) is 11.1 Å². The van der Waals surface area contributed by atoms with Gasteiger partial charge >= 0.3 is 102 Å². The molecule has 0 spiro atoms. The summed E-state index contributed by atoms with van der Waals surface area (Å²) in [5, 5.41) is 9.60. The summed E-state index contributed by atoms with van der Waals surface area (Å²) in [6.45, 7) is 4.00. The summed E-state index contributed by atoms with van der Waals surface area (Å²) in [6.07, 6.45) is 0. The van der Waals surface area contributed by atoms with Gasteiger partial charge in [-0.05, 0) is 0 Å². The Bertz CT molecular complexity index is 492. The van der Waals surface area contributed by atoms with Crippen LogP contribution < -0.4 is 8.92 Å². The Hall–Kier alpha value is -1.24. The van der Waals surface area contributed by atoms with Gasteiger partial charge in [-0.3, -0.25) is 0 Å². The summed E-state index contributed by atoms with van der Waals surface area (Å²) >= 11 is 0.323. The molecular weight excluding hydrogens is 263 g/mol. The van der Waals surface area contributed by atoms with E-state index in [-0.39, 0.29) is 0 Å². The summed E-state index contributed by atoms with van der Waals surface area (Å²) in [5.41, 5.74) is 2.13. The van der Waals surface area contributed by atoms with E-state index < -0.39 is 0 Å². The Morgan fingerprint density at radius 3 is 2.31 bits per heavy atom. The van der Waals surface area contributed by atoms with Gasteiger partial charge in [0.1, 0.15) is 0 Å². The number of rotatable bonds is 2. The second kappa shape index (κ2) is 4.73. The zero-order valence-electron chi connectivity index (χ0n) is 9.40. The van der Waals surface area contributed by atoms with Gasteiger partial charge in [-0.25, -0.2) is 0 Å². The minimum atomic E-state index is 0.323. The van der Waals surface area contributed by atoms with Crippen molar-refractivity contribution in [1.29, 1.82) is 0 Å². The van der Waals surface area contributed by atoms with Crippen molar-refractivity contribution >= 4 is 23.9 Å². The molecule has 0 atom stereocenters. The van der Waals surface area contributed by atoms with E-state index in [1.807, 2.05) is 19.1 Å². The summed E-state index contributed by atoms with van der Waals surface area (Å²) in [4.78, 5) is 0. The number of aromatic hydroxyl groups is 1. The third kappa shape index (κ3) is 2.46. The molecule has 2 aromatic rings. The van der Waals surface area contributed by atoms with E-state index in [9.17, 15) is 5.11 Å². The number of hydrogen-bond donors (Lipinski definition) is 1. The molecule has 0 unspecified atom stereocenters. The molecule has 2 rings (SSSR count). The zero-order chi connectivity index (χ0) is 11.5. The normalized spacial score (nSPS) is 10.4. The van der Waals surface area contributed by atoms with Gasteiger partial charge in [0.25, 0.3) is 0 Å². The standard InChI is InChI=1S/C14H14OSe/c1-10-9-14(11(2)8-13(10)15)16-12-6-4-3-5-7-12/h3-9,15H,1-2H3. The van der Waals surface area contributed by atoms with Crippen molar-refractivity contribution in [3.8, 4) is 5.75 Å². The molecule has 0 aromatic heterocycles. The molecule has 0 amide bonds. The van der Waals surface area contributed by atoms with Crippen LogP contribution in [0.5, 0.6) is 5.75 Å².